The molecule has 3 rings (SSSR count). The summed E-state index contributed by atoms with van der Waals surface area (Å²) in [7, 11) is 0. The average molecular weight is 404 g/mol. The van der Waals surface area contributed by atoms with Gasteiger partial charge in [-0.1, -0.05) is 55.2 Å². The lowest BCUT2D eigenvalue weighted by molar-refractivity contribution is -0.123. The molecule has 27 heavy (non-hydrogen) atoms. The number of hydrogen-bond acceptors (Lipinski definition) is 2. The van der Waals surface area contributed by atoms with E-state index in [2.05, 4.69) is 16.0 Å². The molecule has 0 aliphatic carbocycles. The minimum absolute atomic E-state index is 0.00283. The van der Waals surface area contributed by atoms with Crippen LogP contribution in [-0.4, -0.2) is 22.0 Å². The molecule has 3 aromatic rings. The summed E-state index contributed by atoms with van der Waals surface area (Å²) in [6, 6.07) is 13.6. The number of rotatable bonds is 7. The fourth-order valence-corrected chi connectivity index (χ4v) is 3.51. The second-order valence-electron chi connectivity index (χ2n) is 6.85. The highest BCUT2D eigenvalue weighted by Gasteiger charge is 2.14. The zero-order chi connectivity index (χ0) is 19.4. The van der Waals surface area contributed by atoms with E-state index in [-0.39, 0.29) is 11.8 Å². The van der Waals surface area contributed by atoms with Crippen LogP contribution in [0.2, 0.25) is 10.0 Å². The number of nitrogens with one attached hydrogen (secondary N) is 1. The van der Waals surface area contributed by atoms with Gasteiger partial charge in [-0.25, -0.2) is 4.98 Å². The van der Waals surface area contributed by atoms with Crippen molar-refractivity contribution < 1.29 is 4.79 Å². The summed E-state index contributed by atoms with van der Waals surface area (Å²) in [5, 5.41) is 4.25. The van der Waals surface area contributed by atoms with Crippen LogP contribution in [0.1, 0.15) is 31.7 Å². The Morgan fingerprint density at radius 3 is 2.52 bits per heavy atom. The number of fused-ring (bicyclic) bond motifs is 1. The number of nitrogens with zero attached hydrogens (tertiary/aromatic N) is 2. The van der Waals surface area contributed by atoms with E-state index in [4.69, 9.17) is 28.2 Å². The van der Waals surface area contributed by atoms with E-state index < -0.39 is 0 Å². The molecular formula is C21H23Cl2N3O. The molecule has 1 amide bonds. The molecule has 0 bridgehead atoms. The van der Waals surface area contributed by atoms with Gasteiger partial charge in [0.2, 0.25) is 5.91 Å². The number of aryl methyl sites for hydroxylation is 1. The molecule has 1 aromatic heterocycles. The third-order valence-electron chi connectivity index (χ3n) is 4.51. The predicted octanol–water partition coefficient (Wildman–Crippen LogP) is 5.10. The molecular weight excluding hydrogens is 381 g/mol. The molecule has 0 spiro atoms. The van der Waals surface area contributed by atoms with Crippen molar-refractivity contribution in [3.63, 3.8) is 0 Å². The maximum Gasteiger partial charge on any atom is 0.222 e. The maximum atomic E-state index is 11.7. The van der Waals surface area contributed by atoms with Gasteiger partial charge in [0.05, 0.1) is 17.6 Å². The maximum absolute atomic E-state index is 11.7. The Labute approximate surface area is 169 Å². The van der Waals surface area contributed by atoms with E-state index in [1.165, 1.54) is 0 Å². The monoisotopic (exact) mass is 403 g/mol. The van der Waals surface area contributed by atoms with Gasteiger partial charge in [0, 0.05) is 34.5 Å². The highest BCUT2D eigenvalue weighted by molar-refractivity contribution is 6.36. The molecule has 0 aliphatic heterocycles. The summed E-state index contributed by atoms with van der Waals surface area (Å²) < 4.78 is 2.16. The van der Waals surface area contributed by atoms with E-state index >= 15 is 0 Å². The number of halogens is 2. The van der Waals surface area contributed by atoms with E-state index in [0.29, 0.717) is 23.1 Å². The Balaban J connectivity index is 1.83. The van der Waals surface area contributed by atoms with Crippen LogP contribution in [0.5, 0.6) is 0 Å². The second kappa shape index (κ2) is 8.77. The first-order valence-electron chi connectivity index (χ1n) is 9.12. The molecule has 4 nitrogen and oxygen atoms in total. The zero-order valence-electron chi connectivity index (χ0n) is 15.5. The van der Waals surface area contributed by atoms with Crippen LogP contribution >= 0.6 is 23.2 Å². The van der Waals surface area contributed by atoms with Gasteiger partial charge < -0.3 is 9.88 Å². The molecule has 1 heterocycles. The smallest absolute Gasteiger partial charge is 0.222 e. The first kappa shape index (κ1) is 19.7. The summed E-state index contributed by atoms with van der Waals surface area (Å²) in [5.74, 6) is 1.04. The Morgan fingerprint density at radius 1 is 1.11 bits per heavy atom. The lowest BCUT2D eigenvalue weighted by Crippen LogP contribution is -2.28. The van der Waals surface area contributed by atoms with Crippen LogP contribution < -0.4 is 5.32 Å². The van der Waals surface area contributed by atoms with Crippen molar-refractivity contribution in [2.75, 3.05) is 6.54 Å². The molecule has 0 radical (unpaired) electrons. The minimum atomic E-state index is -0.00283. The Bertz CT molecular complexity index is 929. The standard InChI is InChI=1S/C21H23Cl2N3O/c1-14(2)21(27)24-12-6-11-20-25-18-9-3-4-10-19(18)26(20)13-15-16(22)7-5-8-17(15)23/h3-5,7-10,14H,6,11-13H2,1-2H3,(H,24,27). The lowest BCUT2D eigenvalue weighted by Gasteiger charge is -2.13. The molecule has 1 N–H and O–H groups in total. The van der Waals surface area contributed by atoms with E-state index in [9.17, 15) is 4.79 Å². The summed E-state index contributed by atoms with van der Waals surface area (Å²) >= 11 is 12.8. The number of hydrogen-bond donors (Lipinski definition) is 1. The van der Waals surface area contributed by atoms with E-state index in [1.807, 2.05) is 50.2 Å². The number of benzene rings is 2. The largest absolute Gasteiger partial charge is 0.356 e. The summed E-state index contributed by atoms with van der Waals surface area (Å²) in [5.41, 5.74) is 2.88. The quantitative estimate of drug-likeness (QED) is 0.557. The fraction of sp³-hybridized carbons (Fsp3) is 0.333. The van der Waals surface area contributed by atoms with Crippen molar-refractivity contribution in [3.05, 3.63) is 63.9 Å². The Morgan fingerprint density at radius 2 is 1.81 bits per heavy atom. The van der Waals surface area contributed by atoms with Crippen LogP contribution in [0.25, 0.3) is 11.0 Å². The van der Waals surface area contributed by atoms with Crippen molar-refractivity contribution in [3.8, 4) is 0 Å². The van der Waals surface area contributed by atoms with Gasteiger partial charge in [-0.15, -0.1) is 0 Å². The highest BCUT2D eigenvalue weighted by atomic mass is 35.5. The van der Waals surface area contributed by atoms with Crippen LogP contribution in [0.3, 0.4) is 0 Å². The van der Waals surface area contributed by atoms with Crippen LogP contribution in [0, 0.1) is 5.92 Å². The Hall–Kier alpha value is -2.04. The lowest BCUT2D eigenvalue weighted by atomic mass is 10.2. The van der Waals surface area contributed by atoms with Gasteiger partial charge in [0.25, 0.3) is 0 Å². The normalized spacial score (nSPS) is 11.3. The van der Waals surface area contributed by atoms with Crippen LogP contribution in [0.4, 0.5) is 0 Å². The SMILES string of the molecule is CC(C)C(=O)NCCCc1nc2ccccc2n1Cc1c(Cl)cccc1Cl. The number of amides is 1. The fourth-order valence-electron chi connectivity index (χ4n) is 3.00. The average Bonchev–Trinajstić information content (AvgIpc) is 2.99. The van der Waals surface area contributed by atoms with Gasteiger partial charge in [-0.2, -0.15) is 0 Å². The topological polar surface area (TPSA) is 46.9 Å². The van der Waals surface area contributed by atoms with Crippen molar-refractivity contribution in [1.29, 1.82) is 0 Å². The third-order valence-corrected chi connectivity index (χ3v) is 5.22. The molecule has 142 valence electrons. The summed E-state index contributed by atoms with van der Waals surface area (Å²) in [6.07, 6.45) is 1.58. The molecule has 0 saturated carbocycles. The number of para-hydroxylation sites is 2. The van der Waals surface area contributed by atoms with Crippen molar-refractivity contribution in [2.24, 2.45) is 5.92 Å². The van der Waals surface area contributed by atoms with Crippen molar-refractivity contribution >= 4 is 40.1 Å². The molecule has 0 aliphatic rings. The summed E-state index contributed by atoms with van der Waals surface area (Å²) in [4.78, 5) is 16.5. The first-order chi connectivity index (χ1) is 13.0. The first-order valence-corrected chi connectivity index (χ1v) is 9.87. The van der Waals surface area contributed by atoms with Gasteiger partial charge in [-0.3, -0.25) is 4.79 Å². The molecule has 0 fully saturated rings. The zero-order valence-corrected chi connectivity index (χ0v) is 17.0. The van der Waals surface area contributed by atoms with Crippen molar-refractivity contribution in [1.82, 2.24) is 14.9 Å². The number of carbonyl (C=O) groups is 1. The van der Waals surface area contributed by atoms with E-state index in [1.54, 1.807) is 0 Å². The third kappa shape index (κ3) is 4.63. The number of aromatic nitrogens is 2. The predicted molar refractivity (Wildman–Crippen MR) is 111 cm³/mol. The molecule has 0 saturated heterocycles. The minimum Gasteiger partial charge on any atom is -0.356 e. The van der Waals surface area contributed by atoms with Gasteiger partial charge >= 0.3 is 0 Å². The molecule has 0 unspecified atom stereocenters. The van der Waals surface area contributed by atoms with Crippen molar-refractivity contribution in [2.45, 2.75) is 33.2 Å². The molecule has 0 atom stereocenters. The Kier molecular flexibility index (Phi) is 6.40. The summed E-state index contributed by atoms with van der Waals surface area (Å²) in [6.45, 7) is 4.98. The highest BCUT2D eigenvalue weighted by Crippen LogP contribution is 2.27. The van der Waals surface area contributed by atoms with Crippen LogP contribution in [-0.2, 0) is 17.8 Å². The number of imidazole rings is 1. The second-order valence-corrected chi connectivity index (χ2v) is 7.67. The molecule has 6 heteroatoms. The molecule has 2 aromatic carbocycles. The van der Waals surface area contributed by atoms with Gasteiger partial charge in [0.1, 0.15) is 5.82 Å². The van der Waals surface area contributed by atoms with Gasteiger partial charge in [0.15, 0.2) is 0 Å². The van der Waals surface area contributed by atoms with Gasteiger partial charge in [-0.05, 0) is 30.7 Å². The van der Waals surface area contributed by atoms with E-state index in [0.717, 1.165) is 35.3 Å². The van der Waals surface area contributed by atoms with Crippen LogP contribution in [0.15, 0.2) is 42.5 Å². The number of carbonyl (C=O) groups excluding carboxylic acids is 1.